The number of nitrogens with zero attached hydrogens (tertiary/aromatic N) is 1. The Morgan fingerprint density at radius 2 is 0.973 bits per heavy atom. The molecule has 0 aromatic heterocycles. The van der Waals surface area contributed by atoms with Gasteiger partial charge in [-0.3, -0.25) is 4.48 Å². The number of carboxylic acid groups (broad SMARTS) is 3. The van der Waals surface area contributed by atoms with E-state index in [4.69, 9.17) is 0 Å². The molecule has 7 nitrogen and oxygen atoms in total. The van der Waals surface area contributed by atoms with E-state index in [0.29, 0.717) is 6.42 Å². The molecule has 0 spiro atoms. The smallest absolute Gasteiger partial charge is 0.362 e. The molecule has 3 unspecified atom stereocenters. The third-order valence-electron chi connectivity index (χ3n) is 8.03. The Morgan fingerprint density at radius 1 is 0.622 bits per heavy atom. The number of carboxylic acids is 3. The van der Waals surface area contributed by atoms with Crippen LogP contribution in [-0.4, -0.2) is 57.3 Å². The van der Waals surface area contributed by atoms with Crippen molar-refractivity contribution in [3.05, 3.63) is 12.2 Å². The Hall–Kier alpha value is -1.89. The minimum Gasteiger partial charge on any atom is -0.544 e. The highest BCUT2D eigenvalue weighted by Crippen LogP contribution is 2.27. The van der Waals surface area contributed by atoms with Crippen molar-refractivity contribution in [3.63, 3.8) is 0 Å². The highest BCUT2D eigenvalue weighted by atomic mass is 16.4. The summed E-state index contributed by atoms with van der Waals surface area (Å²) >= 11 is 0. The molecular weight excluding hydrogens is 470 g/mol. The van der Waals surface area contributed by atoms with Crippen LogP contribution >= 0.6 is 0 Å². The molecule has 0 radical (unpaired) electrons. The monoisotopic (exact) mass is 525 g/mol. The van der Waals surface area contributed by atoms with Crippen LogP contribution in [-0.2, 0) is 14.4 Å². The summed E-state index contributed by atoms with van der Waals surface area (Å²) in [6.45, 7) is 6.55. The van der Waals surface area contributed by atoms with Crippen molar-refractivity contribution in [1.82, 2.24) is 0 Å². The summed E-state index contributed by atoms with van der Waals surface area (Å²) in [4.78, 5) is 35.2. The van der Waals surface area contributed by atoms with E-state index in [1.165, 1.54) is 97.8 Å². The van der Waals surface area contributed by atoms with Gasteiger partial charge in [0.15, 0.2) is 12.1 Å². The lowest BCUT2D eigenvalue weighted by Gasteiger charge is -2.49. The molecule has 0 saturated carbocycles. The highest BCUT2D eigenvalue weighted by Gasteiger charge is 2.50. The van der Waals surface area contributed by atoms with Gasteiger partial charge in [0.2, 0.25) is 0 Å². The lowest BCUT2D eigenvalue weighted by Crippen LogP contribution is -2.72. The van der Waals surface area contributed by atoms with Crippen LogP contribution in [0.5, 0.6) is 0 Å². The number of aliphatic carboxylic acids is 3. The Morgan fingerprint density at radius 3 is 1.32 bits per heavy atom. The van der Waals surface area contributed by atoms with Crippen LogP contribution in [0, 0.1) is 0 Å². The van der Waals surface area contributed by atoms with Gasteiger partial charge in [-0.05, 0) is 59.3 Å². The number of carbonyl (C=O) groups excluding carboxylic acids is 1. The lowest BCUT2D eigenvalue weighted by molar-refractivity contribution is -0.969. The van der Waals surface area contributed by atoms with Gasteiger partial charge < -0.3 is 20.1 Å². The summed E-state index contributed by atoms with van der Waals surface area (Å²) in [7, 11) is 0. The summed E-state index contributed by atoms with van der Waals surface area (Å²) in [5.74, 6) is -3.84. The maximum Gasteiger partial charge on any atom is 0.362 e. The number of allylic oxidation sites excluding steroid dienone is 2. The zero-order chi connectivity index (χ0) is 28.1. The average Bonchev–Trinajstić information content (AvgIpc) is 2.86. The largest absolute Gasteiger partial charge is 0.544 e. The third-order valence-corrected chi connectivity index (χ3v) is 8.03. The number of quaternary nitrogens is 1. The molecule has 216 valence electrons. The molecule has 0 heterocycles. The average molecular weight is 526 g/mol. The molecule has 0 aliphatic rings. The first-order valence-electron chi connectivity index (χ1n) is 14.8. The fourth-order valence-electron chi connectivity index (χ4n) is 5.36. The standard InChI is InChI=1S/C30H55NO6/c1-5-6-7-8-9-10-11-12-13-14-15-16-17-18-19-20-21-22-23-24-31(25(2)28(32)33,26(3)29(34)35)27(4)30(36)37/h18-19,25-27H,5-17,20-24H2,1-4H3,(H2-,32,33,34,35,36,37)/b19-18+. The number of hydrogen-bond donors (Lipinski definition) is 2. The summed E-state index contributed by atoms with van der Waals surface area (Å²) in [6, 6.07) is -3.59. The molecule has 2 N–H and O–H groups in total. The fraction of sp³-hybridized carbons (Fsp3) is 0.833. The lowest BCUT2D eigenvalue weighted by atomic mass is 10.00. The van der Waals surface area contributed by atoms with Gasteiger partial charge in [0.25, 0.3) is 0 Å². The first-order chi connectivity index (χ1) is 17.6. The van der Waals surface area contributed by atoms with Crippen LogP contribution in [0.15, 0.2) is 12.2 Å². The first kappa shape index (κ1) is 35.1. The van der Waals surface area contributed by atoms with E-state index in [0.717, 1.165) is 25.7 Å². The Balaban J connectivity index is 4.20. The number of unbranched alkanes of at least 4 members (excludes halogenated alkanes) is 15. The molecule has 0 aliphatic heterocycles. The van der Waals surface area contributed by atoms with Crippen LogP contribution in [0.1, 0.15) is 137 Å². The van der Waals surface area contributed by atoms with Gasteiger partial charge in [0.1, 0.15) is 6.04 Å². The third kappa shape index (κ3) is 14.0. The maximum absolute atomic E-state index is 11.8. The van der Waals surface area contributed by atoms with Crippen LogP contribution < -0.4 is 5.11 Å². The molecule has 0 bridgehead atoms. The van der Waals surface area contributed by atoms with Crippen LogP contribution in [0.25, 0.3) is 0 Å². The molecule has 3 atom stereocenters. The Bertz CT molecular complexity index is 612. The van der Waals surface area contributed by atoms with Crippen LogP contribution in [0.4, 0.5) is 0 Å². The van der Waals surface area contributed by atoms with Crippen molar-refractivity contribution in [3.8, 4) is 0 Å². The molecule has 0 aliphatic carbocycles. The molecule has 0 aromatic carbocycles. The van der Waals surface area contributed by atoms with Gasteiger partial charge in [-0.15, -0.1) is 0 Å². The topological polar surface area (TPSA) is 115 Å². The van der Waals surface area contributed by atoms with Gasteiger partial charge in [0.05, 0.1) is 12.5 Å². The zero-order valence-electron chi connectivity index (χ0n) is 24.1. The zero-order valence-corrected chi connectivity index (χ0v) is 24.1. The summed E-state index contributed by atoms with van der Waals surface area (Å²) < 4.78 is -0.554. The van der Waals surface area contributed by atoms with Gasteiger partial charge in [0, 0.05) is 0 Å². The van der Waals surface area contributed by atoms with Crippen molar-refractivity contribution >= 4 is 17.9 Å². The predicted molar refractivity (Wildman–Crippen MR) is 147 cm³/mol. The molecule has 7 heteroatoms. The molecule has 0 rings (SSSR count). The quantitative estimate of drug-likeness (QED) is 0.0846. The van der Waals surface area contributed by atoms with E-state index in [1.54, 1.807) is 0 Å². The normalized spacial score (nSPS) is 15.8. The predicted octanol–water partition coefficient (Wildman–Crippen LogP) is 6.10. The van der Waals surface area contributed by atoms with Gasteiger partial charge in [-0.25, -0.2) is 9.59 Å². The second-order valence-electron chi connectivity index (χ2n) is 10.7. The van der Waals surface area contributed by atoms with Crippen molar-refractivity contribution in [2.45, 2.75) is 155 Å². The van der Waals surface area contributed by atoms with Crippen LogP contribution in [0.3, 0.4) is 0 Å². The van der Waals surface area contributed by atoms with Gasteiger partial charge >= 0.3 is 11.9 Å². The second-order valence-corrected chi connectivity index (χ2v) is 10.7. The molecule has 0 fully saturated rings. The van der Waals surface area contributed by atoms with E-state index in [2.05, 4.69) is 19.1 Å². The second kappa shape index (κ2) is 21.1. The number of rotatable bonds is 25. The Kier molecular flexibility index (Phi) is 20.0. The summed E-state index contributed by atoms with van der Waals surface area (Å²) in [5, 5.41) is 30.9. The minimum absolute atomic E-state index is 0.165. The fourth-order valence-corrected chi connectivity index (χ4v) is 5.36. The summed E-state index contributed by atoms with van der Waals surface area (Å²) in [6.07, 6.45) is 24.8. The summed E-state index contributed by atoms with van der Waals surface area (Å²) in [5.41, 5.74) is 0. The van der Waals surface area contributed by atoms with Crippen LogP contribution in [0.2, 0.25) is 0 Å². The molecule has 37 heavy (non-hydrogen) atoms. The maximum atomic E-state index is 11.8. The van der Waals surface area contributed by atoms with E-state index in [1.807, 2.05) is 0 Å². The molecular formula is C30H55NO6. The Labute approximate surface area is 225 Å². The minimum atomic E-state index is -1.43. The molecule has 0 amide bonds. The highest BCUT2D eigenvalue weighted by molar-refractivity contribution is 5.76. The molecule has 0 saturated heterocycles. The van der Waals surface area contributed by atoms with E-state index < -0.39 is 40.5 Å². The van der Waals surface area contributed by atoms with Gasteiger partial charge in [-0.1, -0.05) is 89.7 Å². The van der Waals surface area contributed by atoms with Crippen molar-refractivity contribution in [2.75, 3.05) is 6.54 Å². The van der Waals surface area contributed by atoms with E-state index in [-0.39, 0.29) is 6.54 Å². The van der Waals surface area contributed by atoms with Crippen molar-refractivity contribution in [2.24, 2.45) is 0 Å². The molecule has 0 aromatic rings. The van der Waals surface area contributed by atoms with Crippen molar-refractivity contribution < 1.29 is 34.2 Å². The number of carbonyl (C=O) groups is 3. The SMILES string of the molecule is CCCCCCCCCCCCCC/C=C/CCCCC[N+](C(C)C(=O)[O-])(C(C)C(=O)O)C(C)C(=O)O. The van der Waals surface area contributed by atoms with Crippen molar-refractivity contribution in [1.29, 1.82) is 0 Å². The van der Waals surface area contributed by atoms with E-state index in [9.17, 15) is 29.7 Å². The van der Waals surface area contributed by atoms with E-state index >= 15 is 0 Å². The van der Waals surface area contributed by atoms with Gasteiger partial charge in [-0.2, -0.15) is 0 Å². The number of hydrogen-bond acceptors (Lipinski definition) is 4. The first-order valence-corrected chi connectivity index (χ1v) is 14.8.